The molecule has 2 heterocycles. The van der Waals surface area contributed by atoms with E-state index in [1.165, 1.54) is 0 Å². The van der Waals surface area contributed by atoms with Gasteiger partial charge in [0.05, 0.1) is 30.2 Å². The van der Waals surface area contributed by atoms with Crippen LogP contribution in [-0.4, -0.2) is 27.3 Å². The first-order valence-electron chi connectivity index (χ1n) is 9.12. The summed E-state index contributed by atoms with van der Waals surface area (Å²) in [6.45, 7) is 9.67. The topological polar surface area (TPSA) is 80.3 Å². The molecule has 3 aromatic rings. The Morgan fingerprint density at radius 1 is 1.14 bits per heavy atom. The van der Waals surface area contributed by atoms with E-state index < -0.39 is 0 Å². The number of aliphatic imine (C=N–C) groups is 1. The highest BCUT2D eigenvalue weighted by atomic mass is 127. The van der Waals surface area contributed by atoms with Gasteiger partial charge in [0.2, 0.25) is 5.89 Å². The summed E-state index contributed by atoms with van der Waals surface area (Å²) in [7, 11) is 0. The van der Waals surface area contributed by atoms with Crippen LogP contribution in [-0.2, 0) is 13.1 Å². The molecule has 0 atom stereocenters. The van der Waals surface area contributed by atoms with Crippen LogP contribution in [0.5, 0.6) is 0 Å². The SMILES string of the molecule is CCNC(=NCc1ccccc1-n1ccc(C)n1)NCc1nc(C)c(C)o1.I. The summed E-state index contributed by atoms with van der Waals surface area (Å²) in [5.41, 5.74) is 4.03. The molecule has 0 unspecified atom stereocenters. The van der Waals surface area contributed by atoms with Crippen molar-refractivity contribution >= 4 is 29.9 Å². The fourth-order valence-corrected chi connectivity index (χ4v) is 2.70. The molecule has 3 rings (SSSR count). The van der Waals surface area contributed by atoms with Crippen LogP contribution in [0.4, 0.5) is 0 Å². The highest BCUT2D eigenvalue weighted by Crippen LogP contribution is 2.15. The Bertz CT molecular complexity index is 911. The summed E-state index contributed by atoms with van der Waals surface area (Å²) in [5.74, 6) is 2.22. The maximum atomic E-state index is 5.62. The van der Waals surface area contributed by atoms with Gasteiger partial charge in [-0.1, -0.05) is 18.2 Å². The predicted molar refractivity (Wildman–Crippen MR) is 121 cm³/mol. The quantitative estimate of drug-likeness (QED) is 0.311. The van der Waals surface area contributed by atoms with Crippen molar-refractivity contribution in [2.75, 3.05) is 6.54 Å². The molecule has 0 spiro atoms. The third kappa shape index (κ3) is 5.57. The number of hydrogen-bond donors (Lipinski definition) is 2. The zero-order valence-electron chi connectivity index (χ0n) is 16.7. The number of nitrogens with one attached hydrogen (secondary N) is 2. The van der Waals surface area contributed by atoms with Gasteiger partial charge in [-0.3, -0.25) is 0 Å². The number of guanidine groups is 1. The molecule has 0 aliphatic carbocycles. The summed E-state index contributed by atoms with van der Waals surface area (Å²) < 4.78 is 7.50. The van der Waals surface area contributed by atoms with Gasteiger partial charge in [0.15, 0.2) is 5.96 Å². The Morgan fingerprint density at radius 3 is 2.57 bits per heavy atom. The normalized spacial score (nSPS) is 11.2. The minimum absolute atomic E-state index is 0. The number of aromatic nitrogens is 3. The molecule has 2 N–H and O–H groups in total. The fourth-order valence-electron chi connectivity index (χ4n) is 2.70. The Balaban J connectivity index is 0.00000280. The number of oxazole rings is 1. The second-order valence-electron chi connectivity index (χ2n) is 6.33. The van der Waals surface area contributed by atoms with Crippen LogP contribution in [0.3, 0.4) is 0 Å². The van der Waals surface area contributed by atoms with Crippen molar-refractivity contribution in [1.82, 2.24) is 25.4 Å². The highest BCUT2D eigenvalue weighted by Gasteiger charge is 2.08. The number of benzene rings is 1. The van der Waals surface area contributed by atoms with Gasteiger partial charge in [0, 0.05) is 12.7 Å². The molecular formula is C20H27IN6O. The number of aryl methyl sites for hydroxylation is 3. The van der Waals surface area contributed by atoms with E-state index in [2.05, 4.69) is 32.8 Å². The van der Waals surface area contributed by atoms with E-state index in [0.29, 0.717) is 19.0 Å². The maximum Gasteiger partial charge on any atom is 0.214 e. The molecule has 28 heavy (non-hydrogen) atoms. The molecule has 7 nitrogen and oxygen atoms in total. The van der Waals surface area contributed by atoms with E-state index in [1.807, 2.05) is 56.8 Å². The van der Waals surface area contributed by atoms with Crippen LogP contribution in [0.1, 0.15) is 35.5 Å². The summed E-state index contributed by atoms with van der Waals surface area (Å²) in [6, 6.07) is 10.1. The maximum absolute atomic E-state index is 5.62. The molecule has 0 bridgehead atoms. The van der Waals surface area contributed by atoms with Crippen molar-refractivity contribution in [1.29, 1.82) is 0 Å². The van der Waals surface area contributed by atoms with Crippen LogP contribution < -0.4 is 10.6 Å². The van der Waals surface area contributed by atoms with Gasteiger partial charge in [0.1, 0.15) is 5.76 Å². The third-order valence-electron chi connectivity index (χ3n) is 4.19. The summed E-state index contributed by atoms with van der Waals surface area (Å²) in [5, 5.41) is 11.0. The number of nitrogens with zero attached hydrogens (tertiary/aromatic N) is 4. The van der Waals surface area contributed by atoms with Gasteiger partial charge in [-0.15, -0.1) is 24.0 Å². The van der Waals surface area contributed by atoms with E-state index in [9.17, 15) is 0 Å². The second-order valence-corrected chi connectivity index (χ2v) is 6.33. The largest absolute Gasteiger partial charge is 0.444 e. The summed E-state index contributed by atoms with van der Waals surface area (Å²) in [4.78, 5) is 9.10. The number of hydrogen-bond acceptors (Lipinski definition) is 4. The Labute approximate surface area is 182 Å². The first-order chi connectivity index (χ1) is 13.1. The number of para-hydroxylation sites is 1. The lowest BCUT2D eigenvalue weighted by atomic mass is 10.2. The Hall–Kier alpha value is -2.36. The van der Waals surface area contributed by atoms with Crippen molar-refractivity contribution in [2.24, 2.45) is 4.99 Å². The molecule has 0 amide bonds. The minimum atomic E-state index is 0. The molecule has 0 radical (unpaired) electrons. The fraction of sp³-hybridized carbons (Fsp3) is 0.350. The molecule has 0 saturated heterocycles. The predicted octanol–water partition coefficient (Wildman–Crippen LogP) is 3.66. The molecule has 0 fully saturated rings. The number of halogens is 1. The lowest BCUT2D eigenvalue weighted by Gasteiger charge is -2.11. The zero-order valence-corrected chi connectivity index (χ0v) is 19.0. The standard InChI is InChI=1S/C20H26N6O.HI/c1-5-21-20(23-13-19-24-15(3)16(4)27-19)22-12-17-8-6-7-9-18(17)26-11-10-14(2)25-26;/h6-11H,5,12-13H2,1-4H3,(H2,21,22,23);1H. The van der Waals surface area contributed by atoms with Crippen LogP contribution in [0.15, 0.2) is 45.9 Å². The van der Waals surface area contributed by atoms with Crippen LogP contribution in [0.2, 0.25) is 0 Å². The van der Waals surface area contributed by atoms with Crippen molar-refractivity contribution in [3.05, 3.63) is 65.1 Å². The zero-order chi connectivity index (χ0) is 19.2. The first kappa shape index (κ1) is 21.9. The molecule has 2 aromatic heterocycles. The number of rotatable bonds is 6. The van der Waals surface area contributed by atoms with Crippen LogP contribution >= 0.6 is 24.0 Å². The lowest BCUT2D eigenvalue weighted by molar-refractivity contribution is 0.463. The first-order valence-corrected chi connectivity index (χ1v) is 9.12. The van der Waals surface area contributed by atoms with Gasteiger partial charge in [0.25, 0.3) is 0 Å². The van der Waals surface area contributed by atoms with Crippen molar-refractivity contribution in [2.45, 2.75) is 40.8 Å². The average Bonchev–Trinajstić information content (AvgIpc) is 3.23. The molecule has 8 heteroatoms. The summed E-state index contributed by atoms with van der Waals surface area (Å²) in [6.07, 6.45) is 1.97. The third-order valence-corrected chi connectivity index (χ3v) is 4.19. The highest BCUT2D eigenvalue weighted by molar-refractivity contribution is 14.0. The molecule has 0 aliphatic rings. The van der Waals surface area contributed by atoms with Gasteiger partial charge < -0.3 is 15.1 Å². The van der Waals surface area contributed by atoms with E-state index in [4.69, 9.17) is 9.41 Å². The summed E-state index contributed by atoms with van der Waals surface area (Å²) >= 11 is 0. The average molecular weight is 494 g/mol. The molecule has 0 aliphatic heterocycles. The van der Waals surface area contributed by atoms with Gasteiger partial charge in [-0.05, 0) is 45.4 Å². The van der Waals surface area contributed by atoms with Gasteiger partial charge in [-0.25, -0.2) is 14.7 Å². The van der Waals surface area contributed by atoms with Crippen molar-refractivity contribution in [3.63, 3.8) is 0 Å². The van der Waals surface area contributed by atoms with E-state index in [-0.39, 0.29) is 24.0 Å². The van der Waals surface area contributed by atoms with Crippen molar-refractivity contribution in [3.8, 4) is 5.69 Å². The molecule has 150 valence electrons. The van der Waals surface area contributed by atoms with Crippen molar-refractivity contribution < 1.29 is 4.42 Å². The second kappa shape index (κ2) is 10.3. The van der Waals surface area contributed by atoms with E-state index in [0.717, 1.165) is 40.9 Å². The molecule has 0 saturated carbocycles. The lowest BCUT2D eigenvalue weighted by Crippen LogP contribution is -2.36. The van der Waals surface area contributed by atoms with Gasteiger partial charge >= 0.3 is 0 Å². The van der Waals surface area contributed by atoms with Crippen LogP contribution in [0.25, 0.3) is 5.69 Å². The van der Waals surface area contributed by atoms with E-state index >= 15 is 0 Å². The molecular weight excluding hydrogens is 467 g/mol. The van der Waals surface area contributed by atoms with Crippen LogP contribution in [0, 0.1) is 20.8 Å². The van der Waals surface area contributed by atoms with Gasteiger partial charge in [-0.2, -0.15) is 5.10 Å². The smallest absolute Gasteiger partial charge is 0.214 e. The Kier molecular flexibility index (Phi) is 8.04. The Morgan fingerprint density at radius 2 is 1.93 bits per heavy atom. The van der Waals surface area contributed by atoms with E-state index in [1.54, 1.807) is 0 Å². The molecule has 1 aromatic carbocycles. The minimum Gasteiger partial charge on any atom is -0.444 e. The monoisotopic (exact) mass is 494 g/mol.